The van der Waals surface area contributed by atoms with E-state index in [1.54, 1.807) is 0 Å². The molecule has 14 heavy (non-hydrogen) atoms. The van der Waals surface area contributed by atoms with Gasteiger partial charge in [0.25, 0.3) is 0 Å². The number of hydrogen-bond donors (Lipinski definition) is 1. The molecule has 0 unspecified atom stereocenters. The van der Waals surface area contributed by atoms with E-state index in [1.165, 1.54) is 18.7 Å². The molecule has 0 atom stereocenters. The molecule has 0 saturated carbocycles. The highest BCUT2D eigenvalue weighted by molar-refractivity contribution is 4.99. The number of nitrogens with zero attached hydrogens (tertiary/aromatic N) is 3. The Labute approximate surface area is 84.9 Å². The molecule has 4 nitrogen and oxygen atoms in total. The van der Waals surface area contributed by atoms with E-state index in [-0.39, 0.29) is 0 Å². The molecule has 1 aromatic heterocycles. The summed E-state index contributed by atoms with van der Waals surface area (Å²) in [5.74, 6) is 0. The van der Waals surface area contributed by atoms with Crippen LogP contribution in [0, 0.1) is 0 Å². The molecule has 0 radical (unpaired) electrons. The minimum Gasteiger partial charge on any atom is -0.315 e. The van der Waals surface area contributed by atoms with Crippen molar-refractivity contribution in [3.05, 3.63) is 18.0 Å². The summed E-state index contributed by atoms with van der Waals surface area (Å²) >= 11 is 0. The van der Waals surface area contributed by atoms with Gasteiger partial charge in [0.15, 0.2) is 0 Å². The van der Waals surface area contributed by atoms with Gasteiger partial charge in [-0.1, -0.05) is 0 Å². The number of aromatic nitrogens is 2. The van der Waals surface area contributed by atoms with Crippen molar-refractivity contribution in [1.82, 2.24) is 20.0 Å². The normalized spacial score (nSPS) is 19.5. The molecule has 1 N–H and O–H groups in total. The van der Waals surface area contributed by atoms with Crippen LogP contribution in [0.4, 0.5) is 0 Å². The molecule has 4 heteroatoms. The van der Waals surface area contributed by atoms with Gasteiger partial charge in [-0.2, -0.15) is 5.10 Å². The summed E-state index contributed by atoms with van der Waals surface area (Å²) in [5.41, 5.74) is 1.30. The predicted octanol–water partition coefficient (Wildman–Crippen LogP) is 0.215. The third-order valence-electron chi connectivity index (χ3n) is 2.74. The van der Waals surface area contributed by atoms with Crippen molar-refractivity contribution in [2.24, 2.45) is 7.05 Å². The molecule has 1 aliphatic heterocycles. The molecule has 1 saturated heterocycles. The minimum absolute atomic E-state index is 1.03. The predicted molar refractivity (Wildman–Crippen MR) is 56.0 cm³/mol. The van der Waals surface area contributed by atoms with Gasteiger partial charge in [-0.3, -0.25) is 9.58 Å². The third kappa shape index (κ3) is 2.33. The van der Waals surface area contributed by atoms with Crippen molar-refractivity contribution in [1.29, 1.82) is 0 Å². The number of nitrogens with one attached hydrogen (secondary N) is 1. The lowest BCUT2D eigenvalue weighted by Crippen LogP contribution is -2.28. The Morgan fingerprint density at radius 1 is 1.43 bits per heavy atom. The summed E-state index contributed by atoms with van der Waals surface area (Å²) in [6.07, 6.45) is 3.11. The first kappa shape index (κ1) is 9.68. The minimum atomic E-state index is 1.03. The van der Waals surface area contributed by atoms with Crippen LogP contribution in [0.15, 0.2) is 12.3 Å². The maximum Gasteiger partial charge on any atom is 0.0521 e. The maximum absolute atomic E-state index is 4.18. The first-order valence-electron chi connectivity index (χ1n) is 5.26. The van der Waals surface area contributed by atoms with Crippen molar-refractivity contribution in [2.45, 2.75) is 13.0 Å². The second kappa shape index (κ2) is 4.57. The van der Waals surface area contributed by atoms with Crippen molar-refractivity contribution in [3.8, 4) is 0 Å². The molecule has 2 rings (SSSR count). The molecule has 0 amide bonds. The molecule has 78 valence electrons. The second-order valence-corrected chi connectivity index (χ2v) is 3.83. The highest BCUT2D eigenvalue weighted by Crippen LogP contribution is 2.04. The lowest BCUT2D eigenvalue weighted by Gasteiger charge is -2.18. The van der Waals surface area contributed by atoms with Gasteiger partial charge in [0.2, 0.25) is 0 Å². The van der Waals surface area contributed by atoms with Crippen LogP contribution >= 0.6 is 0 Å². The van der Waals surface area contributed by atoms with Crippen molar-refractivity contribution in [3.63, 3.8) is 0 Å². The molecule has 1 aliphatic rings. The Kier molecular flexibility index (Phi) is 3.16. The van der Waals surface area contributed by atoms with Gasteiger partial charge in [-0.05, 0) is 25.6 Å². The van der Waals surface area contributed by atoms with Crippen LogP contribution in [-0.2, 0) is 13.6 Å². The zero-order chi connectivity index (χ0) is 9.80. The molecule has 0 aromatic carbocycles. The average molecular weight is 194 g/mol. The van der Waals surface area contributed by atoms with Gasteiger partial charge in [-0.15, -0.1) is 0 Å². The van der Waals surface area contributed by atoms with E-state index >= 15 is 0 Å². The summed E-state index contributed by atoms with van der Waals surface area (Å²) in [6.45, 7) is 5.63. The first-order chi connectivity index (χ1) is 6.86. The number of aryl methyl sites for hydroxylation is 1. The van der Waals surface area contributed by atoms with Crippen LogP contribution in [0.1, 0.15) is 12.1 Å². The quantitative estimate of drug-likeness (QED) is 0.731. The van der Waals surface area contributed by atoms with Gasteiger partial charge >= 0.3 is 0 Å². The molecule has 0 spiro atoms. The van der Waals surface area contributed by atoms with Crippen LogP contribution in [0.5, 0.6) is 0 Å². The van der Waals surface area contributed by atoms with Gasteiger partial charge in [-0.25, -0.2) is 0 Å². The number of rotatable bonds is 2. The molecular formula is C10H18N4. The van der Waals surface area contributed by atoms with Crippen LogP contribution in [0.3, 0.4) is 0 Å². The van der Waals surface area contributed by atoms with Gasteiger partial charge < -0.3 is 5.32 Å². The molecule has 0 aliphatic carbocycles. The van der Waals surface area contributed by atoms with Crippen molar-refractivity contribution < 1.29 is 0 Å². The Morgan fingerprint density at radius 3 is 3.14 bits per heavy atom. The Bertz CT molecular complexity index is 273. The van der Waals surface area contributed by atoms with Crippen molar-refractivity contribution in [2.75, 3.05) is 26.2 Å². The fourth-order valence-electron chi connectivity index (χ4n) is 1.85. The Hall–Kier alpha value is -0.870. The molecule has 0 bridgehead atoms. The van der Waals surface area contributed by atoms with Crippen molar-refractivity contribution >= 4 is 0 Å². The lowest BCUT2D eigenvalue weighted by atomic mass is 10.3. The fraction of sp³-hybridized carbons (Fsp3) is 0.700. The molecule has 1 aromatic rings. The van der Waals surface area contributed by atoms with Gasteiger partial charge in [0.05, 0.1) is 5.69 Å². The smallest absolute Gasteiger partial charge is 0.0521 e. The highest BCUT2D eigenvalue weighted by Gasteiger charge is 2.10. The monoisotopic (exact) mass is 194 g/mol. The Morgan fingerprint density at radius 2 is 2.36 bits per heavy atom. The zero-order valence-electron chi connectivity index (χ0n) is 8.74. The zero-order valence-corrected chi connectivity index (χ0v) is 8.74. The van der Waals surface area contributed by atoms with Gasteiger partial charge in [0, 0.05) is 32.9 Å². The summed E-state index contributed by atoms with van der Waals surface area (Å²) in [4.78, 5) is 2.48. The summed E-state index contributed by atoms with van der Waals surface area (Å²) in [7, 11) is 2.01. The summed E-state index contributed by atoms with van der Waals surface area (Å²) in [6, 6.07) is 2.10. The average Bonchev–Trinajstić information content (AvgIpc) is 2.44. The van der Waals surface area contributed by atoms with Crippen LogP contribution in [0.2, 0.25) is 0 Å². The van der Waals surface area contributed by atoms with E-state index < -0.39 is 0 Å². The topological polar surface area (TPSA) is 33.1 Å². The fourth-order valence-corrected chi connectivity index (χ4v) is 1.85. The van der Waals surface area contributed by atoms with E-state index in [0.717, 1.165) is 26.2 Å². The van der Waals surface area contributed by atoms with E-state index in [2.05, 4.69) is 21.4 Å². The highest BCUT2D eigenvalue weighted by atomic mass is 15.3. The maximum atomic E-state index is 4.18. The van der Waals surface area contributed by atoms with E-state index in [4.69, 9.17) is 0 Å². The second-order valence-electron chi connectivity index (χ2n) is 3.83. The van der Waals surface area contributed by atoms with E-state index in [9.17, 15) is 0 Å². The Balaban J connectivity index is 1.92. The largest absolute Gasteiger partial charge is 0.315 e. The third-order valence-corrected chi connectivity index (χ3v) is 2.74. The van der Waals surface area contributed by atoms with E-state index in [1.807, 2.05) is 17.9 Å². The first-order valence-corrected chi connectivity index (χ1v) is 5.26. The molecule has 2 heterocycles. The van der Waals surface area contributed by atoms with Gasteiger partial charge in [0.1, 0.15) is 0 Å². The lowest BCUT2D eigenvalue weighted by molar-refractivity contribution is 0.276. The SMILES string of the molecule is Cn1nccc1CN1CCCNCC1. The number of hydrogen-bond acceptors (Lipinski definition) is 3. The summed E-state index contributed by atoms with van der Waals surface area (Å²) < 4.78 is 1.96. The van der Waals surface area contributed by atoms with Crippen LogP contribution < -0.4 is 5.32 Å². The van der Waals surface area contributed by atoms with E-state index in [0.29, 0.717) is 0 Å². The molecule has 1 fully saturated rings. The summed E-state index contributed by atoms with van der Waals surface area (Å²) in [5, 5.41) is 7.59. The van der Waals surface area contributed by atoms with Crippen LogP contribution in [0.25, 0.3) is 0 Å². The standard InChI is InChI=1S/C10H18N4/c1-13-10(3-5-12-13)9-14-7-2-4-11-6-8-14/h3,5,11H,2,4,6-9H2,1H3. The van der Waals surface area contributed by atoms with Crippen LogP contribution in [-0.4, -0.2) is 40.9 Å². The molecular weight excluding hydrogens is 176 g/mol.